The molecule has 7 heteroatoms. The Morgan fingerprint density at radius 3 is 2.71 bits per heavy atom. The molecule has 0 bridgehead atoms. The van der Waals surface area contributed by atoms with Crippen LogP contribution in [0.15, 0.2) is 48.7 Å². The first-order valence-electron chi connectivity index (χ1n) is 7.33. The van der Waals surface area contributed by atoms with E-state index in [9.17, 15) is 4.79 Å². The van der Waals surface area contributed by atoms with E-state index in [1.165, 1.54) is 11.3 Å². The van der Waals surface area contributed by atoms with Gasteiger partial charge in [0.1, 0.15) is 0 Å². The molecule has 0 atom stereocenters. The topological polar surface area (TPSA) is 80.9 Å². The predicted octanol–water partition coefficient (Wildman–Crippen LogP) is 3.41. The fraction of sp³-hybridized carbons (Fsp3) is 0.118. The molecule has 0 saturated heterocycles. The van der Waals surface area contributed by atoms with Crippen LogP contribution >= 0.6 is 22.9 Å². The second-order valence-electron chi connectivity index (χ2n) is 5.10. The lowest BCUT2D eigenvalue weighted by Gasteiger charge is -2.04. The summed E-state index contributed by atoms with van der Waals surface area (Å²) in [6, 6.07) is 13.0. The lowest BCUT2D eigenvalue weighted by atomic mass is 10.1. The van der Waals surface area contributed by atoms with Crippen LogP contribution in [0.2, 0.25) is 5.02 Å². The third kappa shape index (κ3) is 4.10. The van der Waals surface area contributed by atoms with Crippen molar-refractivity contribution in [3.05, 3.63) is 64.1 Å². The Morgan fingerprint density at radius 1 is 1.17 bits per heavy atom. The average molecular weight is 359 g/mol. The Morgan fingerprint density at radius 2 is 1.96 bits per heavy atom. The van der Waals surface area contributed by atoms with E-state index in [0.29, 0.717) is 22.1 Å². The molecule has 24 heavy (non-hydrogen) atoms. The molecule has 1 amide bonds. The SMILES string of the molecule is Nc1nccc(-c2ccc(C(=O)NCCc3ccc(Cl)cc3)s2)n1. The lowest BCUT2D eigenvalue weighted by Crippen LogP contribution is -2.24. The quantitative estimate of drug-likeness (QED) is 0.732. The minimum Gasteiger partial charge on any atom is -0.368 e. The number of benzene rings is 1. The van der Waals surface area contributed by atoms with Gasteiger partial charge in [0.25, 0.3) is 5.91 Å². The highest BCUT2D eigenvalue weighted by atomic mass is 35.5. The van der Waals surface area contributed by atoms with Gasteiger partial charge in [0.15, 0.2) is 0 Å². The zero-order valence-electron chi connectivity index (χ0n) is 12.7. The number of carbonyl (C=O) groups is 1. The van der Waals surface area contributed by atoms with E-state index in [1.807, 2.05) is 30.3 Å². The smallest absolute Gasteiger partial charge is 0.261 e. The number of aromatic nitrogens is 2. The number of nitrogens with one attached hydrogen (secondary N) is 1. The summed E-state index contributed by atoms with van der Waals surface area (Å²) in [6.45, 7) is 0.564. The van der Waals surface area contributed by atoms with Crippen molar-refractivity contribution in [2.24, 2.45) is 0 Å². The molecule has 0 fully saturated rings. The maximum atomic E-state index is 12.2. The number of hydrogen-bond donors (Lipinski definition) is 2. The summed E-state index contributed by atoms with van der Waals surface area (Å²) >= 11 is 7.23. The molecule has 1 aromatic carbocycles. The molecule has 0 aliphatic heterocycles. The normalized spacial score (nSPS) is 10.5. The van der Waals surface area contributed by atoms with Gasteiger partial charge in [-0.15, -0.1) is 11.3 Å². The summed E-state index contributed by atoms with van der Waals surface area (Å²) in [7, 11) is 0. The lowest BCUT2D eigenvalue weighted by molar-refractivity contribution is 0.0958. The van der Waals surface area contributed by atoms with Gasteiger partial charge < -0.3 is 11.1 Å². The number of carbonyl (C=O) groups excluding carboxylic acids is 1. The summed E-state index contributed by atoms with van der Waals surface area (Å²) in [6.07, 6.45) is 2.35. The minimum atomic E-state index is -0.0951. The van der Waals surface area contributed by atoms with Crippen LogP contribution < -0.4 is 11.1 Å². The number of amides is 1. The molecule has 2 heterocycles. The van der Waals surface area contributed by atoms with Gasteiger partial charge in [-0.3, -0.25) is 4.79 Å². The van der Waals surface area contributed by atoms with Crippen LogP contribution in [0.1, 0.15) is 15.2 Å². The monoisotopic (exact) mass is 358 g/mol. The number of nitrogen functional groups attached to an aromatic ring is 1. The largest absolute Gasteiger partial charge is 0.368 e. The van der Waals surface area contributed by atoms with Gasteiger partial charge in [0.2, 0.25) is 5.95 Å². The van der Waals surface area contributed by atoms with Gasteiger partial charge in [-0.25, -0.2) is 9.97 Å². The molecule has 0 saturated carbocycles. The molecule has 3 N–H and O–H groups in total. The zero-order valence-corrected chi connectivity index (χ0v) is 14.3. The van der Waals surface area contributed by atoms with Crippen molar-refractivity contribution >= 4 is 34.8 Å². The highest BCUT2D eigenvalue weighted by Gasteiger charge is 2.11. The zero-order chi connectivity index (χ0) is 16.9. The second kappa shape index (κ2) is 7.42. The molecule has 0 spiro atoms. The average Bonchev–Trinajstić information content (AvgIpc) is 3.07. The van der Waals surface area contributed by atoms with Crippen molar-refractivity contribution < 1.29 is 4.79 Å². The summed E-state index contributed by atoms with van der Waals surface area (Å²) < 4.78 is 0. The maximum Gasteiger partial charge on any atom is 0.261 e. The summed E-state index contributed by atoms with van der Waals surface area (Å²) in [4.78, 5) is 21.8. The van der Waals surface area contributed by atoms with E-state index in [4.69, 9.17) is 17.3 Å². The molecule has 2 aromatic heterocycles. The molecule has 3 aromatic rings. The van der Waals surface area contributed by atoms with E-state index in [2.05, 4.69) is 15.3 Å². The molecular formula is C17H15ClN4OS. The molecule has 0 aliphatic rings. The standard InChI is InChI=1S/C17H15ClN4OS/c18-12-3-1-11(2-4-12)7-9-20-16(23)15-6-5-14(24-15)13-8-10-21-17(19)22-13/h1-6,8,10H,7,9H2,(H,20,23)(H2,19,21,22). The molecule has 3 rings (SSSR count). The van der Waals surface area contributed by atoms with Gasteiger partial charge in [-0.05, 0) is 42.3 Å². The van der Waals surface area contributed by atoms with Gasteiger partial charge in [-0.1, -0.05) is 23.7 Å². The van der Waals surface area contributed by atoms with E-state index < -0.39 is 0 Å². The number of thiophene rings is 1. The van der Waals surface area contributed by atoms with Gasteiger partial charge in [0, 0.05) is 17.8 Å². The highest BCUT2D eigenvalue weighted by molar-refractivity contribution is 7.17. The van der Waals surface area contributed by atoms with Crippen LogP contribution in [-0.2, 0) is 6.42 Å². The second-order valence-corrected chi connectivity index (χ2v) is 6.62. The minimum absolute atomic E-state index is 0.0951. The Labute approximate surface area is 148 Å². The number of hydrogen-bond acceptors (Lipinski definition) is 5. The van der Waals surface area contributed by atoms with Gasteiger partial charge in [-0.2, -0.15) is 0 Å². The van der Waals surface area contributed by atoms with Crippen molar-refractivity contribution in [2.75, 3.05) is 12.3 Å². The van der Waals surface area contributed by atoms with Gasteiger partial charge >= 0.3 is 0 Å². The van der Waals surface area contributed by atoms with Crippen molar-refractivity contribution in [1.29, 1.82) is 0 Å². The summed E-state index contributed by atoms with van der Waals surface area (Å²) in [5.41, 5.74) is 7.43. The fourth-order valence-electron chi connectivity index (χ4n) is 2.17. The van der Waals surface area contributed by atoms with Crippen LogP contribution in [-0.4, -0.2) is 22.4 Å². The first-order valence-corrected chi connectivity index (χ1v) is 8.52. The molecular weight excluding hydrogens is 344 g/mol. The van der Waals surface area contributed by atoms with Crippen LogP contribution in [0.25, 0.3) is 10.6 Å². The summed E-state index contributed by atoms with van der Waals surface area (Å²) in [5, 5.41) is 3.63. The number of halogens is 1. The molecule has 0 aliphatic carbocycles. The van der Waals surface area contributed by atoms with E-state index in [1.54, 1.807) is 18.3 Å². The Balaban J connectivity index is 1.58. The Bertz CT molecular complexity index is 848. The van der Waals surface area contributed by atoms with Crippen molar-refractivity contribution in [2.45, 2.75) is 6.42 Å². The molecule has 0 unspecified atom stereocenters. The van der Waals surface area contributed by atoms with E-state index >= 15 is 0 Å². The van der Waals surface area contributed by atoms with Crippen LogP contribution in [0, 0.1) is 0 Å². The fourth-order valence-corrected chi connectivity index (χ4v) is 3.19. The molecule has 5 nitrogen and oxygen atoms in total. The van der Waals surface area contributed by atoms with Crippen molar-refractivity contribution in [1.82, 2.24) is 15.3 Å². The molecule has 0 radical (unpaired) electrons. The van der Waals surface area contributed by atoms with E-state index in [-0.39, 0.29) is 11.9 Å². The first kappa shape index (κ1) is 16.4. The van der Waals surface area contributed by atoms with Crippen molar-refractivity contribution in [3.8, 4) is 10.6 Å². The molecule has 122 valence electrons. The third-order valence-electron chi connectivity index (χ3n) is 3.37. The highest BCUT2D eigenvalue weighted by Crippen LogP contribution is 2.26. The van der Waals surface area contributed by atoms with Crippen molar-refractivity contribution in [3.63, 3.8) is 0 Å². The van der Waals surface area contributed by atoms with Crippen LogP contribution in [0.5, 0.6) is 0 Å². The Kier molecular flexibility index (Phi) is 5.08. The third-order valence-corrected chi connectivity index (χ3v) is 4.73. The number of nitrogens with zero attached hydrogens (tertiary/aromatic N) is 2. The first-order chi connectivity index (χ1) is 11.6. The van der Waals surface area contributed by atoms with Gasteiger partial charge in [0.05, 0.1) is 15.4 Å². The number of anilines is 1. The number of nitrogens with two attached hydrogens (primary N) is 1. The van der Waals surface area contributed by atoms with E-state index in [0.717, 1.165) is 16.9 Å². The maximum absolute atomic E-state index is 12.2. The Hall–Kier alpha value is -2.44. The summed E-state index contributed by atoms with van der Waals surface area (Å²) in [5.74, 6) is 0.122. The van der Waals surface area contributed by atoms with Crippen LogP contribution in [0.3, 0.4) is 0 Å². The number of rotatable bonds is 5. The predicted molar refractivity (Wildman–Crippen MR) is 97.2 cm³/mol. The van der Waals surface area contributed by atoms with Crippen LogP contribution in [0.4, 0.5) is 5.95 Å².